The lowest BCUT2D eigenvalue weighted by molar-refractivity contribution is 0.163. The smallest absolute Gasteiger partial charge is 0.354 e. The first-order valence-electron chi connectivity index (χ1n) is 2.44. The Labute approximate surface area is 57.5 Å². The highest BCUT2D eigenvalue weighted by molar-refractivity contribution is 7.48. The van der Waals surface area contributed by atoms with Crippen molar-refractivity contribution in [1.29, 1.82) is 0 Å². The number of carbonyl (C=O) groups excluding carboxylic acids is 1. The summed E-state index contributed by atoms with van der Waals surface area (Å²) in [5.74, 6) is 0. The van der Waals surface area contributed by atoms with Gasteiger partial charge in [-0.15, -0.1) is 0 Å². The predicted molar refractivity (Wildman–Crippen MR) is 32.1 cm³/mol. The van der Waals surface area contributed by atoms with Gasteiger partial charge in [0.25, 0.3) is 0 Å². The van der Waals surface area contributed by atoms with Gasteiger partial charge in [-0.1, -0.05) is 0 Å². The maximum Gasteiger partial charge on any atom is 0.530 e. The Balaban J connectivity index is 3.87. The van der Waals surface area contributed by atoms with Gasteiger partial charge in [0.15, 0.2) is 0 Å². The van der Waals surface area contributed by atoms with Gasteiger partial charge in [-0.25, -0.2) is 9.36 Å². The van der Waals surface area contributed by atoms with Crippen molar-refractivity contribution in [3.8, 4) is 0 Å². The monoisotopic (exact) mass is 169 g/mol. The molecule has 60 valence electrons. The van der Waals surface area contributed by atoms with Crippen molar-refractivity contribution in [2.75, 3.05) is 6.61 Å². The predicted octanol–water partition coefficient (Wildman–Crippen LogP) is 0.219. The summed E-state index contributed by atoms with van der Waals surface area (Å²) in [6, 6.07) is 0. The first-order chi connectivity index (χ1) is 4.48. The third-order valence-electron chi connectivity index (χ3n) is 0.498. The average molecular weight is 169 g/mol. The van der Waals surface area contributed by atoms with Crippen LogP contribution in [0.4, 0.5) is 4.79 Å². The van der Waals surface area contributed by atoms with E-state index >= 15 is 0 Å². The Morgan fingerprint density at radius 2 is 2.30 bits per heavy atom. The van der Waals surface area contributed by atoms with Gasteiger partial charge in [0, 0.05) is 0 Å². The molecule has 10 heavy (non-hydrogen) atoms. The van der Waals surface area contributed by atoms with Crippen molar-refractivity contribution in [3.05, 3.63) is 0 Å². The van der Waals surface area contributed by atoms with Crippen molar-refractivity contribution in [1.82, 2.24) is 0 Å². The first-order valence-corrected chi connectivity index (χ1v) is 3.94. The molecule has 6 nitrogen and oxygen atoms in total. The van der Waals surface area contributed by atoms with Crippen LogP contribution >= 0.6 is 7.82 Å². The van der Waals surface area contributed by atoms with E-state index in [0.717, 1.165) is 0 Å². The molecule has 0 aromatic rings. The Kier molecular flexibility index (Phi) is 3.35. The van der Waals surface area contributed by atoms with Gasteiger partial charge in [-0.3, -0.25) is 9.42 Å². The second kappa shape index (κ2) is 3.55. The molecule has 3 N–H and O–H groups in total. The van der Waals surface area contributed by atoms with Crippen molar-refractivity contribution >= 4 is 13.9 Å². The fourth-order valence-corrected chi connectivity index (χ4v) is 0.910. The average Bonchev–Trinajstić information content (AvgIpc) is 1.59. The molecular formula is C3H8NO5P. The van der Waals surface area contributed by atoms with Gasteiger partial charge >= 0.3 is 13.9 Å². The lowest BCUT2D eigenvalue weighted by atomic mass is 10.9. The Morgan fingerprint density at radius 1 is 1.80 bits per heavy atom. The summed E-state index contributed by atoms with van der Waals surface area (Å²) < 4.78 is 18.3. The molecule has 0 saturated heterocycles. The minimum atomic E-state index is -4.22. The molecule has 1 unspecified atom stereocenters. The van der Waals surface area contributed by atoms with Crippen LogP contribution in [0, 0.1) is 0 Å². The number of rotatable bonds is 3. The van der Waals surface area contributed by atoms with Crippen molar-refractivity contribution in [2.24, 2.45) is 5.73 Å². The summed E-state index contributed by atoms with van der Waals surface area (Å²) in [5.41, 5.74) is 4.44. The molecule has 0 aliphatic heterocycles. The third kappa shape index (κ3) is 4.31. The molecular weight excluding hydrogens is 161 g/mol. The maximum absolute atomic E-state index is 10.4. The Hall–Kier alpha value is -0.580. The van der Waals surface area contributed by atoms with Gasteiger partial charge in [-0.05, 0) is 6.92 Å². The summed E-state index contributed by atoms with van der Waals surface area (Å²) in [4.78, 5) is 18.4. The van der Waals surface area contributed by atoms with E-state index in [4.69, 9.17) is 4.89 Å². The second-order valence-corrected chi connectivity index (χ2v) is 2.67. The van der Waals surface area contributed by atoms with Crippen molar-refractivity contribution in [2.45, 2.75) is 6.92 Å². The highest BCUT2D eigenvalue weighted by Crippen LogP contribution is 2.42. The van der Waals surface area contributed by atoms with Crippen LogP contribution in [0.2, 0.25) is 0 Å². The van der Waals surface area contributed by atoms with E-state index in [-0.39, 0.29) is 6.61 Å². The standard InChI is InChI=1S/C3H8NO5P/c1-2-8-10(6,7)9-3(4)5/h2H2,1H3,(H2,4,5)(H,6,7). The van der Waals surface area contributed by atoms with Crippen LogP contribution < -0.4 is 5.73 Å². The topological polar surface area (TPSA) is 98.8 Å². The lowest BCUT2D eigenvalue weighted by Crippen LogP contribution is -2.12. The van der Waals surface area contributed by atoms with E-state index in [1.54, 1.807) is 0 Å². The van der Waals surface area contributed by atoms with Crippen molar-refractivity contribution < 1.29 is 23.3 Å². The van der Waals surface area contributed by atoms with Gasteiger partial charge in [0.1, 0.15) is 0 Å². The van der Waals surface area contributed by atoms with E-state index < -0.39 is 13.9 Å². The molecule has 7 heteroatoms. The molecule has 0 heterocycles. The summed E-state index contributed by atoms with van der Waals surface area (Å²) in [7, 11) is -4.22. The van der Waals surface area contributed by atoms with Crippen LogP contribution in [0.25, 0.3) is 0 Å². The Bertz CT molecular complexity index is 168. The van der Waals surface area contributed by atoms with Crippen LogP contribution in [-0.4, -0.2) is 17.6 Å². The summed E-state index contributed by atoms with van der Waals surface area (Å²) in [6.07, 6.45) is -1.33. The summed E-state index contributed by atoms with van der Waals surface area (Å²) >= 11 is 0. The van der Waals surface area contributed by atoms with Gasteiger partial charge < -0.3 is 10.3 Å². The van der Waals surface area contributed by atoms with Crippen LogP contribution in [0.5, 0.6) is 0 Å². The fraction of sp³-hybridized carbons (Fsp3) is 0.667. The largest absolute Gasteiger partial charge is 0.530 e. The zero-order valence-corrected chi connectivity index (χ0v) is 6.21. The minimum Gasteiger partial charge on any atom is -0.354 e. The molecule has 0 aliphatic carbocycles. The van der Waals surface area contributed by atoms with E-state index in [0.29, 0.717) is 0 Å². The fourth-order valence-electron chi connectivity index (χ4n) is 0.303. The number of nitrogens with two attached hydrogens (primary N) is 1. The maximum atomic E-state index is 10.4. The Morgan fingerprint density at radius 3 is 2.60 bits per heavy atom. The van der Waals surface area contributed by atoms with Crippen LogP contribution in [0.1, 0.15) is 6.92 Å². The quantitative estimate of drug-likeness (QED) is 0.588. The highest BCUT2D eigenvalue weighted by Gasteiger charge is 2.23. The third-order valence-corrected chi connectivity index (χ3v) is 1.49. The van der Waals surface area contributed by atoms with Gasteiger partial charge in [0.05, 0.1) is 6.61 Å². The van der Waals surface area contributed by atoms with E-state index in [2.05, 4.69) is 14.8 Å². The second-order valence-electron chi connectivity index (χ2n) is 1.30. The number of hydrogen-bond donors (Lipinski definition) is 2. The molecule has 1 atom stereocenters. The lowest BCUT2D eigenvalue weighted by Gasteiger charge is -2.06. The van der Waals surface area contributed by atoms with Crippen LogP contribution in [0.3, 0.4) is 0 Å². The molecule has 0 saturated carbocycles. The van der Waals surface area contributed by atoms with Crippen LogP contribution in [-0.2, 0) is 13.6 Å². The number of phosphoric acid groups is 1. The molecule has 1 amide bonds. The van der Waals surface area contributed by atoms with E-state index in [1.807, 2.05) is 0 Å². The van der Waals surface area contributed by atoms with Gasteiger partial charge in [-0.2, -0.15) is 0 Å². The molecule has 0 aliphatic rings. The first kappa shape index (κ1) is 9.42. The molecule has 0 rings (SSSR count). The molecule has 0 aromatic carbocycles. The summed E-state index contributed by atoms with van der Waals surface area (Å²) in [6.45, 7) is 1.45. The minimum absolute atomic E-state index is 0.0267. The van der Waals surface area contributed by atoms with Crippen molar-refractivity contribution in [3.63, 3.8) is 0 Å². The number of phosphoric ester groups is 1. The number of primary amides is 1. The highest BCUT2D eigenvalue weighted by atomic mass is 31.2. The number of hydrogen-bond acceptors (Lipinski definition) is 4. The van der Waals surface area contributed by atoms with Gasteiger partial charge in [0.2, 0.25) is 0 Å². The SMILES string of the molecule is CCOP(=O)(O)OC(N)=O. The normalized spacial score (nSPS) is 15.8. The number of amides is 1. The molecule has 0 spiro atoms. The molecule has 0 radical (unpaired) electrons. The zero-order valence-electron chi connectivity index (χ0n) is 5.31. The number of carbonyl (C=O) groups is 1. The molecule has 0 fully saturated rings. The summed E-state index contributed by atoms with van der Waals surface area (Å²) in [5, 5.41) is 0. The molecule has 0 aromatic heterocycles. The van der Waals surface area contributed by atoms with E-state index in [9.17, 15) is 9.36 Å². The van der Waals surface area contributed by atoms with E-state index in [1.165, 1.54) is 6.92 Å². The van der Waals surface area contributed by atoms with Crippen LogP contribution in [0.15, 0.2) is 0 Å². The zero-order chi connectivity index (χ0) is 8.20. The molecule has 0 bridgehead atoms.